The van der Waals surface area contributed by atoms with Crippen LogP contribution < -0.4 is 15.2 Å². The Balaban J connectivity index is 2.27. The van der Waals surface area contributed by atoms with E-state index in [1.807, 2.05) is 0 Å². The van der Waals surface area contributed by atoms with Gasteiger partial charge in [-0.1, -0.05) is 6.07 Å². The summed E-state index contributed by atoms with van der Waals surface area (Å²) in [6.45, 7) is 0. The molecule has 0 amide bonds. The number of ether oxygens (including phenoxy) is 2. The van der Waals surface area contributed by atoms with Crippen LogP contribution in [0.3, 0.4) is 0 Å². The first-order valence-corrected chi connectivity index (χ1v) is 5.55. The summed E-state index contributed by atoms with van der Waals surface area (Å²) < 4.78 is 10.6. The summed E-state index contributed by atoms with van der Waals surface area (Å²) in [6, 6.07) is 11.5. The summed E-state index contributed by atoms with van der Waals surface area (Å²) in [5.41, 5.74) is 5.88. The summed E-state index contributed by atoms with van der Waals surface area (Å²) in [7, 11) is 1.57. The van der Waals surface area contributed by atoms with E-state index < -0.39 is 5.97 Å². The minimum absolute atomic E-state index is 0.0195. The molecule has 2 rings (SSSR count). The number of nitrogen functional groups attached to an aromatic ring is 1. The molecular weight excluding hydrogens is 246 g/mol. The molecule has 19 heavy (non-hydrogen) atoms. The maximum absolute atomic E-state index is 11.0. The van der Waals surface area contributed by atoms with Crippen LogP contribution in [0.1, 0.15) is 10.4 Å². The molecule has 2 aromatic rings. The van der Waals surface area contributed by atoms with Crippen molar-refractivity contribution < 1.29 is 19.4 Å². The Bertz CT molecular complexity index is 593. The number of benzene rings is 2. The van der Waals surface area contributed by atoms with Gasteiger partial charge in [0.25, 0.3) is 0 Å². The van der Waals surface area contributed by atoms with Gasteiger partial charge in [-0.05, 0) is 36.4 Å². The minimum Gasteiger partial charge on any atom is -0.497 e. The van der Waals surface area contributed by atoms with Crippen molar-refractivity contribution in [1.29, 1.82) is 0 Å². The summed E-state index contributed by atoms with van der Waals surface area (Å²) in [6.07, 6.45) is 0. The van der Waals surface area contributed by atoms with Gasteiger partial charge in [0.05, 0.1) is 18.4 Å². The quantitative estimate of drug-likeness (QED) is 0.825. The standard InChI is InChI=1S/C14H13NO4/c1-18-9-5-7-10(8-6-9)19-12-4-2-3-11(13(12)15)14(16)17/h2-8H,15H2,1H3,(H,16,17). The van der Waals surface area contributed by atoms with E-state index in [0.717, 1.165) is 0 Å². The lowest BCUT2D eigenvalue weighted by Crippen LogP contribution is -2.03. The van der Waals surface area contributed by atoms with E-state index in [9.17, 15) is 4.79 Å². The van der Waals surface area contributed by atoms with E-state index in [2.05, 4.69) is 0 Å². The van der Waals surface area contributed by atoms with E-state index in [4.69, 9.17) is 20.3 Å². The Hall–Kier alpha value is -2.69. The van der Waals surface area contributed by atoms with Crippen LogP contribution in [-0.2, 0) is 0 Å². The van der Waals surface area contributed by atoms with Gasteiger partial charge in [-0.2, -0.15) is 0 Å². The van der Waals surface area contributed by atoms with Gasteiger partial charge >= 0.3 is 5.97 Å². The lowest BCUT2D eigenvalue weighted by atomic mass is 10.1. The first-order chi connectivity index (χ1) is 9.11. The second-order valence-electron chi connectivity index (χ2n) is 3.80. The third kappa shape index (κ3) is 2.77. The van der Waals surface area contributed by atoms with Crippen LogP contribution >= 0.6 is 0 Å². The number of anilines is 1. The van der Waals surface area contributed by atoms with Crippen molar-refractivity contribution in [3.63, 3.8) is 0 Å². The molecule has 0 aliphatic heterocycles. The smallest absolute Gasteiger partial charge is 0.337 e. The highest BCUT2D eigenvalue weighted by molar-refractivity contribution is 5.95. The third-order valence-corrected chi connectivity index (χ3v) is 2.58. The molecule has 98 valence electrons. The fraction of sp³-hybridized carbons (Fsp3) is 0.0714. The largest absolute Gasteiger partial charge is 0.497 e. The van der Waals surface area contributed by atoms with Crippen LogP contribution in [0.2, 0.25) is 0 Å². The Morgan fingerprint density at radius 1 is 1.11 bits per heavy atom. The summed E-state index contributed by atoms with van der Waals surface area (Å²) in [5, 5.41) is 8.97. The highest BCUT2D eigenvalue weighted by Gasteiger charge is 2.12. The Labute approximate surface area is 110 Å². The van der Waals surface area contributed by atoms with E-state index in [1.165, 1.54) is 6.07 Å². The fourth-order valence-electron chi connectivity index (χ4n) is 1.59. The summed E-state index contributed by atoms with van der Waals surface area (Å²) in [4.78, 5) is 11.0. The predicted molar refractivity (Wildman–Crippen MR) is 70.9 cm³/mol. The Morgan fingerprint density at radius 2 is 1.74 bits per heavy atom. The zero-order valence-corrected chi connectivity index (χ0v) is 10.3. The van der Waals surface area contributed by atoms with Crippen molar-refractivity contribution in [2.45, 2.75) is 0 Å². The van der Waals surface area contributed by atoms with Gasteiger partial charge in [-0.3, -0.25) is 0 Å². The molecule has 0 radical (unpaired) electrons. The van der Waals surface area contributed by atoms with Crippen LogP contribution in [-0.4, -0.2) is 18.2 Å². The number of rotatable bonds is 4. The first-order valence-electron chi connectivity index (χ1n) is 5.55. The second-order valence-corrected chi connectivity index (χ2v) is 3.80. The van der Waals surface area contributed by atoms with Crippen LogP contribution in [0.5, 0.6) is 17.2 Å². The predicted octanol–water partition coefficient (Wildman–Crippen LogP) is 2.77. The summed E-state index contributed by atoms with van der Waals surface area (Å²) in [5.74, 6) is 0.484. The Morgan fingerprint density at radius 3 is 2.32 bits per heavy atom. The number of nitrogens with two attached hydrogens (primary N) is 1. The highest BCUT2D eigenvalue weighted by atomic mass is 16.5. The normalized spacial score (nSPS) is 9.95. The van der Waals surface area contributed by atoms with E-state index in [1.54, 1.807) is 43.5 Å². The molecule has 0 saturated carbocycles. The number of hydrogen-bond acceptors (Lipinski definition) is 4. The fourth-order valence-corrected chi connectivity index (χ4v) is 1.59. The molecule has 2 aromatic carbocycles. The van der Waals surface area contributed by atoms with Gasteiger partial charge < -0.3 is 20.3 Å². The van der Waals surface area contributed by atoms with Crippen molar-refractivity contribution >= 4 is 11.7 Å². The van der Waals surface area contributed by atoms with E-state index in [0.29, 0.717) is 17.2 Å². The molecule has 3 N–H and O–H groups in total. The van der Waals surface area contributed by atoms with Crippen LogP contribution in [0.4, 0.5) is 5.69 Å². The molecule has 0 saturated heterocycles. The average molecular weight is 259 g/mol. The number of carbonyl (C=O) groups is 1. The molecule has 5 nitrogen and oxygen atoms in total. The van der Waals surface area contributed by atoms with Gasteiger partial charge in [0, 0.05) is 0 Å². The average Bonchev–Trinajstić information content (AvgIpc) is 2.41. The number of hydrogen-bond donors (Lipinski definition) is 2. The van der Waals surface area contributed by atoms with Crippen molar-refractivity contribution in [3.8, 4) is 17.2 Å². The van der Waals surface area contributed by atoms with Crippen LogP contribution in [0, 0.1) is 0 Å². The maximum atomic E-state index is 11.0. The van der Waals surface area contributed by atoms with Gasteiger partial charge in [0.2, 0.25) is 0 Å². The molecule has 0 spiro atoms. The SMILES string of the molecule is COc1ccc(Oc2cccc(C(=O)O)c2N)cc1. The van der Waals surface area contributed by atoms with Gasteiger partial charge in [0.1, 0.15) is 11.5 Å². The molecule has 0 aromatic heterocycles. The molecule has 0 atom stereocenters. The van der Waals surface area contributed by atoms with E-state index in [-0.39, 0.29) is 11.3 Å². The molecule has 0 aliphatic rings. The third-order valence-electron chi connectivity index (χ3n) is 2.58. The Kier molecular flexibility index (Phi) is 3.56. The van der Waals surface area contributed by atoms with Gasteiger partial charge in [-0.25, -0.2) is 4.79 Å². The summed E-state index contributed by atoms with van der Waals surface area (Å²) >= 11 is 0. The number of aromatic carboxylic acids is 1. The van der Waals surface area contributed by atoms with Crippen LogP contribution in [0.25, 0.3) is 0 Å². The molecule has 0 heterocycles. The zero-order chi connectivity index (χ0) is 13.8. The zero-order valence-electron chi connectivity index (χ0n) is 10.3. The lowest BCUT2D eigenvalue weighted by Gasteiger charge is -2.10. The van der Waals surface area contributed by atoms with Crippen molar-refractivity contribution in [3.05, 3.63) is 48.0 Å². The van der Waals surface area contributed by atoms with Crippen LogP contribution in [0.15, 0.2) is 42.5 Å². The number of para-hydroxylation sites is 1. The minimum atomic E-state index is -1.09. The monoisotopic (exact) mass is 259 g/mol. The van der Waals surface area contributed by atoms with E-state index >= 15 is 0 Å². The van der Waals surface area contributed by atoms with Gasteiger partial charge in [-0.15, -0.1) is 0 Å². The topological polar surface area (TPSA) is 81.8 Å². The van der Waals surface area contributed by atoms with Crippen molar-refractivity contribution in [2.75, 3.05) is 12.8 Å². The molecule has 0 unspecified atom stereocenters. The molecule has 0 aliphatic carbocycles. The highest BCUT2D eigenvalue weighted by Crippen LogP contribution is 2.30. The molecule has 0 bridgehead atoms. The number of carboxylic acid groups (broad SMARTS) is 1. The maximum Gasteiger partial charge on any atom is 0.337 e. The van der Waals surface area contributed by atoms with Crippen molar-refractivity contribution in [1.82, 2.24) is 0 Å². The second kappa shape index (κ2) is 5.30. The molecular formula is C14H13NO4. The van der Waals surface area contributed by atoms with Gasteiger partial charge in [0.15, 0.2) is 5.75 Å². The molecule has 0 fully saturated rings. The number of carboxylic acids is 1. The lowest BCUT2D eigenvalue weighted by molar-refractivity contribution is 0.0697. The number of methoxy groups -OCH3 is 1. The van der Waals surface area contributed by atoms with Crippen molar-refractivity contribution in [2.24, 2.45) is 0 Å². The first kappa shape index (κ1) is 12.8. The molecule has 5 heteroatoms.